The Hall–Kier alpha value is -1.36. The molecule has 0 bridgehead atoms. The van der Waals surface area contributed by atoms with Crippen LogP contribution in [0.1, 0.15) is 25.8 Å². The number of halogens is 4. The molecule has 1 saturated heterocycles. The van der Waals surface area contributed by atoms with Crippen LogP contribution in [-0.4, -0.2) is 62.9 Å². The number of piperazine rings is 1. The largest absolute Gasteiger partial charge is 0.417 e. The molecule has 11 heteroatoms. The zero-order valence-corrected chi connectivity index (χ0v) is 17.3. The van der Waals surface area contributed by atoms with Gasteiger partial charge in [0, 0.05) is 38.1 Å². The zero-order valence-electron chi connectivity index (χ0n) is 15.8. The molecule has 0 saturated carbocycles. The maximum atomic E-state index is 12.9. The highest BCUT2D eigenvalue weighted by molar-refractivity contribution is 7.89. The summed E-state index contributed by atoms with van der Waals surface area (Å²) in [5.41, 5.74) is -1.23. The molecule has 0 spiro atoms. The number of sulfonamides is 1. The van der Waals surface area contributed by atoms with Gasteiger partial charge in [0.15, 0.2) is 0 Å². The molecular weight excluding hydrogens is 419 g/mol. The molecule has 0 aliphatic carbocycles. The summed E-state index contributed by atoms with van der Waals surface area (Å²) in [6.45, 7) is 5.05. The summed E-state index contributed by atoms with van der Waals surface area (Å²) in [6, 6.07) is 2.34. The molecule has 0 unspecified atom stereocenters. The van der Waals surface area contributed by atoms with Gasteiger partial charge in [0.25, 0.3) is 0 Å². The molecule has 1 aromatic rings. The van der Waals surface area contributed by atoms with Gasteiger partial charge in [-0.15, -0.1) is 0 Å². The number of nitrogens with one attached hydrogen (secondary N) is 1. The summed E-state index contributed by atoms with van der Waals surface area (Å²) in [6.07, 6.45) is -4.86. The van der Waals surface area contributed by atoms with Crippen molar-refractivity contribution >= 4 is 27.5 Å². The van der Waals surface area contributed by atoms with Crippen molar-refractivity contribution in [3.05, 3.63) is 28.8 Å². The van der Waals surface area contributed by atoms with Crippen molar-refractivity contribution in [2.75, 3.05) is 26.7 Å². The Morgan fingerprint density at radius 3 is 2.36 bits per heavy atom. The second kappa shape index (κ2) is 8.56. The van der Waals surface area contributed by atoms with Crippen LogP contribution in [0.2, 0.25) is 5.02 Å². The standard InChI is InChI=1S/C17H23ClF3N3O3S/c1-11-9-23(3)10-12(2)24(11)16(25)6-7-22-28(26,27)13-4-5-15(18)14(8-13)17(19,20)21/h4-5,8,11-12,22H,6-7,9-10H2,1-3H3/t11-,12+. The molecule has 0 aromatic heterocycles. The summed E-state index contributed by atoms with van der Waals surface area (Å²) in [4.78, 5) is 15.8. The summed E-state index contributed by atoms with van der Waals surface area (Å²) >= 11 is 5.51. The second-order valence-corrected chi connectivity index (χ2v) is 9.18. The Kier molecular flexibility index (Phi) is 7.01. The first-order valence-electron chi connectivity index (χ1n) is 8.69. The Bertz CT molecular complexity index is 821. The molecular formula is C17H23ClF3N3O3S. The van der Waals surface area contributed by atoms with E-state index in [0.29, 0.717) is 19.2 Å². The molecule has 1 aromatic carbocycles. The number of nitrogens with zero attached hydrogens (tertiary/aromatic N) is 2. The smallest absolute Gasteiger partial charge is 0.335 e. The molecule has 28 heavy (non-hydrogen) atoms. The number of carbonyl (C=O) groups excluding carboxylic acids is 1. The average Bonchev–Trinajstić information content (AvgIpc) is 2.52. The van der Waals surface area contributed by atoms with Gasteiger partial charge in [-0.3, -0.25) is 4.79 Å². The van der Waals surface area contributed by atoms with Crippen molar-refractivity contribution in [3.8, 4) is 0 Å². The molecule has 6 nitrogen and oxygen atoms in total. The quantitative estimate of drug-likeness (QED) is 0.762. The predicted molar refractivity (Wildman–Crippen MR) is 99.5 cm³/mol. The fourth-order valence-corrected chi connectivity index (χ4v) is 4.75. The number of carbonyl (C=O) groups is 1. The fourth-order valence-electron chi connectivity index (χ4n) is 3.47. The van der Waals surface area contributed by atoms with Gasteiger partial charge < -0.3 is 9.80 Å². The van der Waals surface area contributed by atoms with Crippen molar-refractivity contribution in [1.82, 2.24) is 14.5 Å². The highest BCUT2D eigenvalue weighted by atomic mass is 35.5. The van der Waals surface area contributed by atoms with Crippen LogP contribution in [-0.2, 0) is 21.0 Å². The third-order valence-corrected chi connectivity index (χ3v) is 6.36. The molecule has 0 radical (unpaired) electrons. The summed E-state index contributed by atoms with van der Waals surface area (Å²) in [5.74, 6) is -0.206. The summed E-state index contributed by atoms with van der Waals surface area (Å²) in [7, 11) is -2.25. The van der Waals surface area contributed by atoms with E-state index in [9.17, 15) is 26.4 Å². The monoisotopic (exact) mass is 441 g/mol. The van der Waals surface area contributed by atoms with E-state index >= 15 is 0 Å². The van der Waals surface area contributed by atoms with Crippen LogP contribution in [0.3, 0.4) is 0 Å². The number of likely N-dealkylation sites (N-methyl/N-ethyl adjacent to an activating group) is 1. The lowest BCUT2D eigenvalue weighted by Crippen LogP contribution is -2.57. The lowest BCUT2D eigenvalue weighted by Gasteiger charge is -2.43. The Labute approximate surface area is 167 Å². The van der Waals surface area contributed by atoms with Crippen LogP contribution in [0, 0.1) is 0 Å². The van der Waals surface area contributed by atoms with Crippen molar-refractivity contribution in [3.63, 3.8) is 0 Å². The Balaban J connectivity index is 2.03. The van der Waals surface area contributed by atoms with Crippen molar-refractivity contribution < 1.29 is 26.4 Å². The molecule has 1 amide bonds. The van der Waals surface area contributed by atoms with Crippen LogP contribution >= 0.6 is 11.6 Å². The fraction of sp³-hybridized carbons (Fsp3) is 0.588. The van der Waals surface area contributed by atoms with Gasteiger partial charge in [-0.25, -0.2) is 13.1 Å². The van der Waals surface area contributed by atoms with E-state index in [1.165, 1.54) is 0 Å². The van der Waals surface area contributed by atoms with Gasteiger partial charge in [-0.1, -0.05) is 11.6 Å². The van der Waals surface area contributed by atoms with Gasteiger partial charge in [0.2, 0.25) is 15.9 Å². The van der Waals surface area contributed by atoms with E-state index in [1.54, 1.807) is 4.90 Å². The maximum absolute atomic E-state index is 12.9. The Morgan fingerprint density at radius 2 is 1.82 bits per heavy atom. The molecule has 1 fully saturated rings. The normalized spacial score (nSPS) is 21.8. The minimum atomic E-state index is -4.77. The number of amides is 1. The number of rotatable bonds is 5. The minimum Gasteiger partial charge on any atom is -0.335 e. The van der Waals surface area contributed by atoms with E-state index in [2.05, 4.69) is 9.62 Å². The topological polar surface area (TPSA) is 69.7 Å². The van der Waals surface area contributed by atoms with Crippen LogP contribution in [0.25, 0.3) is 0 Å². The highest BCUT2D eigenvalue weighted by Crippen LogP contribution is 2.35. The average molecular weight is 442 g/mol. The molecule has 158 valence electrons. The second-order valence-electron chi connectivity index (χ2n) is 7.01. The highest BCUT2D eigenvalue weighted by Gasteiger charge is 2.35. The van der Waals surface area contributed by atoms with Crippen molar-refractivity contribution in [2.24, 2.45) is 0 Å². The van der Waals surface area contributed by atoms with E-state index in [4.69, 9.17) is 11.6 Å². The number of alkyl halides is 3. The van der Waals surface area contributed by atoms with Crippen LogP contribution in [0.4, 0.5) is 13.2 Å². The molecule has 1 N–H and O–H groups in total. The van der Waals surface area contributed by atoms with E-state index < -0.39 is 31.7 Å². The zero-order chi connectivity index (χ0) is 21.3. The van der Waals surface area contributed by atoms with Crippen LogP contribution in [0.5, 0.6) is 0 Å². The predicted octanol–water partition coefficient (Wildman–Crippen LogP) is 2.58. The lowest BCUT2D eigenvalue weighted by atomic mass is 10.1. The van der Waals surface area contributed by atoms with Gasteiger partial charge >= 0.3 is 6.18 Å². The van der Waals surface area contributed by atoms with Gasteiger partial charge in [-0.2, -0.15) is 13.2 Å². The first-order valence-corrected chi connectivity index (χ1v) is 10.5. The number of benzene rings is 1. The first kappa shape index (κ1) is 22.9. The summed E-state index contributed by atoms with van der Waals surface area (Å²) in [5, 5.41) is -0.584. The maximum Gasteiger partial charge on any atom is 0.417 e. The van der Waals surface area contributed by atoms with Crippen molar-refractivity contribution in [2.45, 2.75) is 43.4 Å². The van der Waals surface area contributed by atoms with Gasteiger partial charge in [-0.05, 0) is 39.1 Å². The third-order valence-electron chi connectivity index (χ3n) is 4.57. The van der Waals surface area contributed by atoms with Crippen LogP contribution < -0.4 is 4.72 Å². The third kappa shape index (κ3) is 5.37. The molecule has 1 aliphatic rings. The number of hydrogen-bond acceptors (Lipinski definition) is 4. The minimum absolute atomic E-state index is 0.0107. The molecule has 1 aliphatic heterocycles. The van der Waals surface area contributed by atoms with E-state index in [1.807, 2.05) is 20.9 Å². The van der Waals surface area contributed by atoms with Gasteiger partial charge in [0.05, 0.1) is 15.5 Å². The molecule has 2 atom stereocenters. The molecule has 2 rings (SSSR count). The van der Waals surface area contributed by atoms with Gasteiger partial charge in [0.1, 0.15) is 0 Å². The summed E-state index contributed by atoms with van der Waals surface area (Å²) < 4.78 is 65.6. The lowest BCUT2D eigenvalue weighted by molar-refractivity contribution is -0.139. The molecule has 1 heterocycles. The Morgan fingerprint density at radius 1 is 1.25 bits per heavy atom. The van der Waals surface area contributed by atoms with Crippen LogP contribution in [0.15, 0.2) is 23.1 Å². The van der Waals surface area contributed by atoms with Crippen molar-refractivity contribution in [1.29, 1.82) is 0 Å². The van der Waals surface area contributed by atoms with E-state index in [0.717, 1.165) is 12.1 Å². The van der Waals surface area contributed by atoms with E-state index in [-0.39, 0.29) is 31.0 Å². The first-order chi connectivity index (χ1) is 12.8. The number of hydrogen-bond donors (Lipinski definition) is 1. The SMILES string of the molecule is C[C@@H]1CN(C)C[C@H](C)N1C(=O)CCNS(=O)(=O)c1ccc(Cl)c(C(F)(F)F)c1.